The van der Waals surface area contributed by atoms with Crippen LogP contribution in [-0.2, 0) is 6.42 Å². The third-order valence-corrected chi connectivity index (χ3v) is 3.77. The molecule has 0 aliphatic carbocycles. The summed E-state index contributed by atoms with van der Waals surface area (Å²) in [6, 6.07) is 17.0. The van der Waals surface area contributed by atoms with Crippen LogP contribution in [0.5, 0.6) is 0 Å². The van der Waals surface area contributed by atoms with Gasteiger partial charge in [0.15, 0.2) is 0 Å². The molecule has 1 N–H and O–H groups in total. The Bertz CT molecular complexity index is 781. The minimum atomic E-state index is 0.881. The zero-order chi connectivity index (χ0) is 12.7. The lowest BCUT2D eigenvalue weighted by atomic mass is 9.93. The normalized spacial score (nSPS) is 14.2. The largest absolute Gasteiger partial charge is 0.360 e. The van der Waals surface area contributed by atoms with Gasteiger partial charge in [0.25, 0.3) is 0 Å². The lowest BCUT2D eigenvalue weighted by Gasteiger charge is -2.16. The van der Waals surface area contributed by atoms with Crippen LogP contribution in [0.25, 0.3) is 10.9 Å². The standard InChI is InChI=1S/C17H14N2/c1-2-6-13-12(5-1)9-10-18-17(13)15-11-19-16-8-4-3-7-14(15)16/h1-8,11,19H,9-10H2. The molecule has 0 saturated heterocycles. The average molecular weight is 246 g/mol. The molecule has 92 valence electrons. The summed E-state index contributed by atoms with van der Waals surface area (Å²) in [5, 5.41) is 1.25. The third kappa shape index (κ3) is 1.60. The first-order valence-corrected chi connectivity index (χ1v) is 6.63. The van der Waals surface area contributed by atoms with Gasteiger partial charge in [0.2, 0.25) is 0 Å². The number of fused-ring (bicyclic) bond motifs is 2. The van der Waals surface area contributed by atoms with Crippen LogP contribution in [0.2, 0.25) is 0 Å². The van der Waals surface area contributed by atoms with Gasteiger partial charge < -0.3 is 4.98 Å². The fraction of sp³-hybridized carbons (Fsp3) is 0.118. The van der Waals surface area contributed by atoms with E-state index < -0.39 is 0 Å². The molecule has 0 radical (unpaired) electrons. The molecular formula is C17H14N2. The van der Waals surface area contributed by atoms with Gasteiger partial charge in [-0.25, -0.2) is 0 Å². The average Bonchev–Trinajstić information content (AvgIpc) is 2.90. The molecule has 2 nitrogen and oxygen atoms in total. The van der Waals surface area contributed by atoms with Crippen LogP contribution in [0.15, 0.2) is 59.7 Å². The molecule has 2 aromatic carbocycles. The van der Waals surface area contributed by atoms with Crippen molar-refractivity contribution in [3.05, 3.63) is 71.4 Å². The van der Waals surface area contributed by atoms with E-state index in [2.05, 4.69) is 59.7 Å². The quantitative estimate of drug-likeness (QED) is 0.680. The SMILES string of the molecule is c1ccc2c(c1)CCN=C2c1c[nH]c2ccccc12. The maximum absolute atomic E-state index is 4.76. The van der Waals surface area contributed by atoms with E-state index in [9.17, 15) is 0 Å². The van der Waals surface area contributed by atoms with E-state index in [0.29, 0.717) is 0 Å². The highest BCUT2D eigenvalue weighted by Crippen LogP contribution is 2.25. The molecule has 0 atom stereocenters. The molecule has 0 spiro atoms. The van der Waals surface area contributed by atoms with Crippen LogP contribution < -0.4 is 0 Å². The fourth-order valence-corrected chi connectivity index (χ4v) is 2.84. The summed E-state index contributed by atoms with van der Waals surface area (Å²) in [5.41, 5.74) is 6.18. The summed E-state index contributed by atoms with van der Waals surface area (Å²) < 4.78 is 0. The van der Waals surface area contributed by atoms with Crippen LogP contribution in [0.3, 0.4) is 0 Å². The number of aromatic amines is 1. The summed E-state index contributed by atoms with van der Waals surface area (Å²) >= 11 is 0. The lowest BCUT2D eigenvalue weighted by molar-refractivity contribution is 0.944. The number of rotatable bonds is 1. The Morgan fingerprint density at radius 2 is 1.74 bits per heavy atom. The molecule has 2 heteroatoms. The van der Waals surface area contributed by atoms with Crippen molar-refractivity contribution in [3.63, 3.8) is 0 Å². The number of benzene rings is 2. The van der Waals surface area contributed by atoms with Crippen molar-refractivity contribution in [3.8, 4) is 0 Å². The molecule has 19 heavy (non-hydrogen) atoms. The van der Waals surface area contributed by atoms with Crippen LogP contribution in [-0.4, -0.2) is 17.2 Å². The smallest absolute Gasteiger partial charge is 0.0743 e. The van der Waals surface area contributed by atoms with E-state index in [0.717, 1.165) is 18.7 Å². The minimum absolute atomic E-state index is 0.881. The van der Waals surface area contributed by atoms with Gasteiger partial charge in [-0.2, -0.15) is 0 Å². The molecular weight excluding hydrogens is 232 g/mol. The maximum Gasteiger partial charge on any atom is 0.0743 e. The monoisotopic (exact) mass is 246 g/mol. The second-order valence-electron chi connectivity index (χ2n) is 4.89. The van der Waals surface area contributed by atoms with Crippen LogP contribution in [0.1, 0.15) is 16.7 Å². The highest BCUT2D eigenvalue weighted by Gasteiger charge is 2.17. The van der Waals surface area contributed by atoms with Crippen molar-refractivity contribution in [1.29, 1.82) is 0 Å². The van der Waals surface area contributed by atoms with Crippen molar-refractivity contribution in [1.82, 2.24) is 4.98 Å². The lowest BCUT2D eigenvalue weighted by Crippen LogP contribution is -2.13. The van der Waals surface area contributed by atoms with Crippen molar-refractivity contribution in [2.45, 2.75) is 6.42 Å². The summed E-state index contributed by atoms with van der Waals surface area (Å²) in [6.07, 6.45) is 3.12. The van der Waals surface area contributed by atoms with Crippen molar-refractivity contribution in [2.75, 3.05) is 6.54 Å². The summed E-state index contributed by atoms with van der Waals surface area (Å²) in [7, 11) is 0. The van der Waals surface area contributed by atoms with Crippen molar-refractivity contribution < 1.29 is 0 Å². The molecule has 2 heterocycles. The highest BCUT2D eigenvalue weighted by atomic mass is 14.8. The van der Waals surface area contributed by atoms with Crippen LogP contribution in [0, 0.1) is 0 Å². The van der Waals surface area contributed by atoms with E-state index in [1.54, 1.807) is 0 Å². The van der Waals surface area contributed by atoms with Gasteiger partial charge in [0.05, 0.1) is 5.71 Å². The molecule has 0 saturated carbocycles. The second kappa shape index (κ2) is 4.09. The van der Waals surface area contributed by atoms with Crippen molar-refractivity contribution in [2.24, 2.45) is 4.99 Å². The molecule has 3 aromatic rings. The number of hydrogen-bond acceptors (Lipinski definition) is 1. The number of aromatic nitrogens is 1. The predicted octanol–water partition coefficient (Wildman–Crippen LogP) is 3.56. The third-order valence-electron chi connectivity index (χ3n) is 3.77. The number of para-hydroxylation sites is 1. The number of H-pyrrole nitrogens is 1. The number of hydrogen-bond donors (Lipinski definition) is 1. The maximum atomic E-state index is 4.76. The summed E-state index contributed by atoms with van der Waals surface area (Å²) in [6.45, 7) is 0.881. The van der Waals surface area contributed by atoms with Gasteiger partial charge in [0, 0.05) is 34.8 Å². The van der Waals surface area contributed by atoms with Gasteiger partial charge in [0.1, 0.15) is 0 Å². The van der Waals surface area contributed by atoms with Gasteiger partial charge in [-0.05, 0) is 18.1 Å². The summed E-state index contributed by atoms with van der Waals surface area (Å²) in [4.78, 5) is 8.10. The first kappa shape index (κ1) is 10.6. The second-order valence-corrected chi connectivity index (χ2v) is 4.89. The molecule has 0 fully saturated rings. The first-order chi connectivity index (χ1) is 9.43. The Morgan fingerprint density at radius 1 is 0.895 bits per heavy atom. The molecule has 1 aromatic heterocycles. The topological polar surface area (TPSA) is 28.1 Å². The summed E-state index contributed by atoms with van der Waals surface area (Å²) in [5.74, 6) is 0. The number of nitrogens with one attached hydrogen (secondary N) is 1. The molecule has 0 bridgehead atoms. The van der Waals surface area contributed by atoms with Crippen LogP contribution in [0.4, 0.5) is 0 Å². The molecule has 1 aliphatic rings. The Labute approximate surface area is 111 Å². The van der Waals surface area contributed by atoms with Gasteiger partial charge in [-0.1, -0.05) is 42.5 Å². The van der Waals surface area contributed by atoms with Crippen LogP contribution >= 0.6 is 0 Å². The van der Waals surface area contributed by atoms with E-state index in [1.807, 2.05) is 0 Å². The zero-order valence-corrected chi connectivity index (χ0v) is 10.6. The van der Waals surface area contributed by atoms with E-state index in [-0.39, 0.29) is 0 Å². The fourth-order valence-electron chi connectivity index (χ4n) is 2.84. The van der Waals surface area contributed by atoms with Gasteiger partial charge >= 0.3 is 0 Å². The van der Waals surface area contributed by atoms with E-state index in [4.69, 9.17) is 4.99 Å². The van der Waals surface area contributed by atoms with Gasteiger partial charge in [-0.15, -0.1) is 0 Å². The Kier molecular flexibility index (Phi) is 2.27. The highest BCUT2D eigenvalue weighted by molar-refractivity contribution is 6.20. The minimum Gasteiger partial charge on any atom is -0.360 e. The molecule has 1 aliphatic heterocycles. The Morgan fingerprint density at radius 3 is 2.74 bits per heavy atom. The van der Waals surface area contributed by atoms with Crippen molar-refractivity contribution >= 4 is 16.6 Å². The molecule has 4 rings (SSSR count). The number of aliphatic imine (C=N–C) groups is 1. The Hall–Kier alpha value is -2.35. The molecule has 0 amide bonds. The zero-order valence-electron chi connectivity index (χ0n) is 10.6. The van der Waals surface area contributed by atoms with Gasteiger partial charge in [-0.3, -0.25) is 4.99 Å². The first-order valence-electron chi connectivity index (χ1n) is 6.63. The number of nitrogens with zero attached hydrogens (tertiary/aromatic N) is 1. The van der Waals surface area contributed by atoms with E-state index in [1.165, 1.54) is 27.6 Å². The van der Waals surface area contributed by atoms with E-state index >= 15 is 0 Å². The molecule has 0 unspecified atom stereocenters. The predicted molar refractivity (Wildman–Crippen MR) is 79.0 cm³/mol. The Balaban J connectivity index is 1.96.